The van der Waals surface area contributed by atoms with Crippen molar-refractivity contribution in [2.24, 2.45) is 10.4 Å². The summed E-state index contributed by atoms with van der Waals surface area (Å²) < 4.78 is 0. The number of nitrogens with zero attached hydrogens (tertiary/aromatic N) is 2. The normalized spacial score (nSPS) is 18.2. The molecule has 2 rings (SSSR count). The maximum atomic E-state index is 10.7. The van der Waals surface area contributed by atoms with Crippen LogP contribution in [0.5, 0.6) is 0 Å². The second kappa shape index (κ2) is 10.7. The van der Waals surface area contributed by atoms with Gasteiger partial charge in [-0.2, -0.15) is 0 Å². The molecule has 0 aliphatic heterocycles. The van der Waals surface area contributed by atoms with Gasteiger partial charge in [-0.15, -0.1) is 0 Å². The highest BCUT2D eigenvalue weighted by Crippen LogP contribution is 2.40. The summed E-state index contributed by atoms with van der Waals surface area (Å²) in [7, 11) is 0. The number of nitro benzene ring substituents is 1. The van der Waals surface area contributed by atoms with Crippen molar-refractivity contribution in [2.75, 3.05) is 0 Å². The Morgan fingerprint density at radius 3 is 2.40 bits per heavy atom. The molecule has 0 heterocycles. The fourth-order valence-corrected chi connectivity index (χ4v) is 3.59. The van der Waals surface area contributed by atoms with Crippen molar-refractivity contribution in [1.82, 2.24) is 0 Å². The quantitative estimate of drug-likeness (QED) is 0.201. The van der Waals surface area contributed by atoms with Crippen LogP contribution in [-0.4, -0.2) is 11.1 Å². The van der Waals surface area contributed by atoms with Crippen LogP contribution in [0, 0.1) is 15.5 Å². The van der Waals surface area contributed by atoms with Gasteiger partial charge in [-0.1, -0.05) is 55.4 Å². The third-order valence-electron chi connectivity index (χ3n) is 5.40. The van der Waals surface area contributed by atoms with Gasteiger partial charge >= 0.3 is 0 Å². The van der Waals surface area contributed by atoms with E-state index >= 15 is 0 Å². The monoisotopic (exact) mass is 404 g/mol. The van der Waals surface area contributed by atoms with Crippen molar-refractivity contribution in [3.63, 3.8) is 0 Å². The van der Waals surface area contributed by atoms with Crippen molar-refractivity contribution in [3.05, 3.63) is 93.1 Å². The Hall–Kier alpha value is -3.01. The van der Waals surface area contributed by atoms with Gasteiger partial charge in [-0.05, 0) is 74.8 Å². The van der Waals surface area contributed by atoms with E-state index in [-0.39, 0.29) is 11.1 Å². The summed E-state index contributed by atoms with van der Waals surface area (Å²) in [5, 5.41) is 10.7. The molecule has 158 valence electrons. The van der Waals surface area contributed by atoms with Crippen LogP contribution in [-0.2, 0) is 0 Å². The molecule has 4 heteroatoms. The van der Waals surface area contributed by atoms with Crippen LogP contribution in [0.15, 0.2) is 88.0 Å². The second-order valence-electron chi connectivity index (χ2n) is 8.50. The van der Waals surface area contributed by atoms with E-state index in [0.717, 1.165) is 5.57 Å². The Kier molecular flexibility index (Phi) is 8.28. The molecule has 0 bridgehead atoms. The number of allylic oxidation sites excluding steroid dienone is 10. The minimum absolute atomic E-state index is 0.0679. The summed E-state index contributed by atoms with van der Waals surface area (Å²) in [6, 6.07) is 6.18. The highest BCUT2D eigenvalue weighted by molar-refractivity contribution is 5.76. The Labute approximate surface area is 180 Å². The number of aliphatic imine (C=N–C) groups is 1. The first-order valence-corrected chi connectivity index (χ1v) is 10.4. The fourth-order valence-electron chi connectivity index (χ4n) is 3.59. The van der Waals surface area contributed by atoms with Crippen LogP contribution in [0.4, 0.5) is 11.4 Å². The van der Waals surface area contributed by atoms with Crippen LogP contribution in [0.3, 0.4) is 0 Å². The zero-order valence-corrected chi connectivity index (χ0v) is 18.7. The van der Waals surface area contributed by atoms with E-state index in [2.05, 4.69) is 50.9 Å². The summed E-state index contributed by atoms with van der Waals surface area (Å²) in [6.07, 6.45) is 18.0. The standard InChI is InChI=1S/C26H32N2O2/c1-20(11-16-25-22(3)10-7-18-26(25,4)5)8-6-9-21(2)17-19-27-23-12-14-24(15-13-23)28(29)30/h6,8-9,11-17,19H,7,10,18H2,1-5H3/b9-6+,16-11+,20-8+,21-17+,27-19?. The van der Waals surface area contributed by atoms with E-state index in [9.17, 15) is 10.1 Å². The van der Waals surface area contributed by atoms with Gasteiger partial charge in [0.15, 0.2) is 0 Å². The Balaban J connectivity index is 1.95. The Bertz CT molecular complexity index is 940. The van der Waals surface area contributed by atoms with Gasteiger partial charge < -0.3 is 0 Å². The van der Waals surface area contributed by atoms with E-state index < -0.39 is 4.92 Å². The number of hydrogen-bond acceptors (Lipinski definition) is 3. The largest absolute Gasteiger partial charge is 0.269 e. The molecular formula is C26H32N2O2. The number of benzene rings is 1. The molecule has 0 spiro atoms. The highest BCUT2D eigenvalue weighted by Gasteiger charge is 2.26. The van der Waals surface area contributed by atoms with E-state index in [4.69, 9.17) is 0 Å². The van der Waals surface area contributed by atoms with Gasteiger partial charge in [-0.25, -0.2) is 0 Å². The first-order chi connectivity index (χ1) is 14.2. The van der Waals surface area contributed by atoms with Crippen molar-refractivity contribution in [2.45, 2.75) is 53.9 Å². The van der Waals surface area contributed by atoms with Gasteiger partial charge in [0.25, 0.3) is 5.69 Å². The number of rotatable bonds is 7. The summed E-state index contributed by atoms with van der Waals surface area (Å²) in [4.78, 5) is 14.6. The molecule has 0 aromatic heterocycles. The maximum Gasteiger partial charge on any atom is 0.269 e. The molecule has 1 aliphatic rings. The third-order valence-corrected chi connectivity index (χ3v) is 5.40. The van der Waals surface area contributed by atoms with Crippen LogP contribution in [0.25, 0.3) is 0 Å². The first-order valence-electron chi connectivity index (χ1n) is 10.4. The lowest BCUT2D eigenvalue weighted by Gasteiger charge is -2.32. The molecule has 1 aliphatic carbocycles. The summed E-state index contributed by atoms with van der Waals surface area (Å²) in [5.74, 6) is 0. The molecule has 0 amide bonds. The average Bonchev–Trinajstić information content (AvgIpc) is 2.67. The number of non-ortho nitro benzene ring substituents is 1. The van der Waals surface area contributed by atoms with E-state index in [1.807, 2.05) is 25.2 Å². The smallest absolute Gasteiger partial charge is 0.258 e. The molecule has 0 radical (unpaired) electrons. The van der Waals surface area contributed by atoms with Crippen molar-refractivity contribution in [1.29, 1.82) is 0 Å². The number of hydrogen-bond donors (Lipinski definition) is 0. The van der Waals surface area contributed by atoms with Gasteiger partial charge in [0.05, 0.1) is 10.6 Å². The zero-order valence-electron chi connectivity index (χ0n) is 18.7. The van der Waals surface area contributed by atoms with Crippen molar-refractivity contribution in [3.8, 4) is 0 Å². The Morgan fingerprint density at radius 1 is 1.10 bits per heavy atom. The fraction of sp³-hybridized carbons (Fsp3) is 0.346. The molecule has 30 heavy (non-hydrogen) atoms. The first kappa shape index (κ1) is 23.3. The molecule has 0 fully saturated rings. The predicted octanol–water partition coefficient (Wildman–Crippen LogP) is 7.83. The van der Waals surface area contributed by atoms with Crippen LogP contribution >= 0.6 is 0 Å². The van der Waals surface area contributed by atoms with E-state index in [0.29, 0.717) is 5.69 Å². The SMILES string of the molecule is CC1=C(/C=C/C(C)=C/C=C/C(C)=C/C=Nc2ccc([N+](=O)[O-])cc2)C(C)(C)CCC1. The molecule has 0 saturated carbocycles. The van der Waals surface area contributed by atoms with Gasteiger partial charge in [0, 0.05) is 18.3 Å². The van der Waals surface area contributed by atoms with Gasteiger partial charge in [0.1, 0.15) is 0 Å². The molecule has 0 unspecified atom stereocenters. The highest BCUT2D eigenvalue weighted by atomic mass is 16.6. The van der Waals surface area contributed by atoms with E-state index in [1.165, 1.54) is 48.1 Å². The third kappa shape index (κ3) is 7.11. The second-order valence-corrected chi connectivity index (χ2v) is 8.50. The van der Waals surface area contributed by atoms with Gasteiger partial charge in [-0.3, -0.25) is 15.1 Å². The average molecular weight is 405 g/mol. The lowest BCUT2D eigenvalue weighted by molar-refractivity contribution is -0.384. The molecule has 0 saturated heterocycles. The molecule has 4 nitrogen and oxygen atoms in total. The van der Waals surface area contributed by atoms with Crippen molar-refractivity contribution < 1.29 is 4.92 Å². The van der Waals surface area contributed by atoms with Crippen LogP contribution < -0.4 is 0 Å². The Morgan fingerprint density at radius 2 is 1.77 bits per heavy atom. The van der Waals surface area contributed by atoms with Crippen LogP contribution in [0.1, 0.15) is 53.9 Å². The zero-order chi connectivity index (χ0) is 22.1. The lowest BCUT2D eigenvalue weighted by atomic mass is 9.72. The molecule has 1 aromatic carbocycles. The summed E-state index contributed by atoms with van der Waals surface area (Å²) >= 11 is 0. The molecular weight excluding hydrogens is 372 g/mol. The minimum atomic E-state index is -0.416. The minimum Gasteiger partial charge on any atom is -0.258 e. The van der Waals surface area contributed by atoms with Crippen molar-refractivity contribution >= 4 is 17.6 Å². The molecule has 0 atom stereocenters. The molecule has 0 N–H and O–H groups in total. The molecule has 1 aromatic rings. The summed E-state index contributed by atoms with van der Waals surface area (Å²) in [6.45, 7) is 11.0. The number of nitro groups is 1. The van der Waals surface area contributed by atoms with Gasteiger partial charge in [0.2, 0.25) is 0 Å². The lowest BCUT2D eigenvalue weighted by Crippen LogP contribution is -2.19. The predicted molar refractivity (Wildman–Crippen MR) is 127 cm³/mol. The topological polar surface area (TPSA) is 55.5 Å². The maximum absolute atomic E-state index is 10.7. The summed E-state index contributed by atoms with van der Waals surface area (Å²) in [5.41, 5.74) is 6.28. The van der Waals surface area contributed by atoms with Crippen LogP contribution in [0.2, 0.25) is 0 Å². The van der Waals surface area contributed by atoms with E-state index in [1.54, 1.807) is 18.3 Å².